The van der Waals surface area contributed by atoms with Gasteiger partial charge in [-0.25, -0.2) is 0 Å². The molecule has 0 radical (unpaired) electrons. The van der Waals surface area contributed by atoms with Gasteiger partial charge in [0, 0.05) is 9.92 Å². The molecular formula is C12H13ClS. The van der Waals surface area contributed by atoms with Gasteiger partial charge in [-0.05, 0) is 60.8 Å². The van der Waals surface area contributed by atoms with Crippen LogP contribution in [0.25, 0.3) is 0 Å². The van der Waals surface area contributed by atoms with Gasteiger partial charge in [0.1, 0.15) is 0 Å². The lowest BCUT2D eigenvalue weighted by Gasteiger charge is -2.11. The van der Waals surface area contributed by atoms with Crippen LogP contribution >= 0.6 is 24.2 Å². The molecule has 1 aromatic carbocycles. The van der Waals surface area contributed by atoms with Crippen LogP contribution in [0.3, 0.4) is 0 Å². The number of halogens is 1. The first-order valence-electron chi connectivity index (χ1n) is 5.30. The van der Waals surface area contributed by atoms with Gasteiger partial charge in [0.25, 0.3) is 0 Å². The molecule has 14 heavy (non-hydrogen) atoms. The van der Waals surface area contributed by atoms with Gasteiger partial charge in [0.05, 0.1) is 0 Å². The van der Waals surface area contributed by atoms with E-state index in [1.807, 2.05) is 0 Å². The predicted molar refractivity (Wildman–Crippen MR) is 62.7 cm³/mol. The molecule has 0 spiro atoms. The minimum Gasteiger partial charge on any atom is -0.143 e. The van der Waals surface area contributed by atoms with Crippen molar-refractivity contribution in [3.63, 3.8) is 0 Å². The SMILES string of the molecule is Sc1c(C2CC2)cc(Cl)c2c1CCC2. The highest BCUT2D eigenvalue weighted by molar-refractivity contribution is 7.80. The van der Waals surface area contributed by atoms with Crippen LogP contribution < -0.4 is 0 Å². The largest absolute Gasteiger partial charge is 0.143 e. The van der Waals surface area contributed by atoms with Crippen molar-refractivity contribution in [3.8, 4) is 0 Å². The predicted octanol–water partition coefficient (Wildman–Crippen LogP) is 3.99. The van der Waals surface area contributed by atoms with E-state index in [4.69, 9.17) is 11.6 Å². The van der Waals surface area contributed by atoms with Crippen molar-refractivity contribution in [2.45, 2.75) is 42.9 Å². The summed E-state index contributed by atoms with van der Waals surface area (Å²) in [5, 5.41) is 0.984. The maximum atomic E-state index is 6.28. The van der Waals surface area contributed by atoms with Crippen LogP contribution in [0.5, 0.6) is 0 Å². The Balaban J connectivity index is 2.19. The normalized spacial score (nSPS) is 19.9. The molecule has 0 unspecified atom stereocenters. The fourth-order valence-electron chi connectivity index (χ4n) is 2.44. The van der Waals surface area contributed by atoms with E-state index in [1.165, 1.54) is 47.3 Å². The van der Waals surface area contributed by atoms with Gasteiger partial charge in [-0.15, -0.1) is 12.6 Å². The minimum absolute atomic E-state index is 0.755. The summed E-state index contributed by atoms with van der Waals surface area (Å²) in [7, 11) is 0. The van der Waals surface area contributed by atoms with Crippen LogP contribution in [-0.4, -0.2) is 0 Å². The van der Waals surface area contributed by atoms with Gasteiger partial charge in [0.2, 0.25) is 0 Å². The fourth-order valence-corrected chi connectivity index (χ4v) is 3.26. The van der Waals surface area contributed by atoms with E-state index in [2.05, 4.69) is 18.7 Å². The summed E-state index contributed by atoms with van der Waals surface area (Å²) in [6.07, 6.45) is 6.21. The van der Waals surface area contributed by atoms with Gasteiger partial charge in [0.15, 0.2) is 0 Å². The molecule has 2 heteroatoms. The van der Waals surface area contributed by atoms with Crippen molar-refractivity contribution in [2.75, 3.05) is 0 Å². The average Bonchev–Trinajstić information content (AvgIpc) is 2.88. The fraction of sp³-hybridized carbons (Fsp3) is 0.500. The highest BCUT2D eigenvalue weighted by atomic mass is 35.5. The summed E-state index contributed by atoms with van der Waals surface area (Å²) >= 11 is 11.0. The molecule has 2 aliphatic rings. The first-order valence-corrected chi connectivity index (χ1v) is 6.13. The summed E-state index contributed by atoms with van der Waals surface area (Å²) < 4.78 is 0. The number of rotatable bonds is 1. The zero-order valence-electron chi connectivity index (χ0n) is 8.02. The maximum Gasteiger partial charge on any atom is 0.0444 e. The van der Waals surface area contributed by atoms with Crippen LogP contribution in [0, 0.1) is 0 Å². The van der Waals surface area contributed by atoms with Gasteiger partial charge in [-0.2, -0.15) is 0 Å². The lowest BCUT2D eigenvalue weighted by molar-refractivity contribution is 0.903. The number of thiol groups is 1. The molecule has 0 aliphatic heterocycles. The van der Waals surface area contributed by atoms with Crippen LogP contribution in [0.2, 0.25) is 5.02 Å². The first-order chi connectivity index (χ1) is 6.77. The molecule has 2 aliphatic carbocycles. The Kier molecular flexibility index (Phi) is 2.07. The molecule has 0 N–H and O–H groups in total. The van der Waals surface area contributed by atoms with E-state index in [0.717, 1.165) is 17.4 Å². The molecule has 0 nitrogen and oxygen atoms in total. The Hall–Kier alpha value is -0.140. The van der Waals surface area contributed by atoms with Crippen molar-refractivity contribution in [1.29, 1.82) is 0 Å². The van der Waals surface area contributed by atoms with Crippen molar-refractivity contribution in [2.24, 2.45) is 0 Å². The molecule has 74 valence electrons. The van der Waals surface area contributed by atoms with E-state index >= 15 is 0 Å². The standard InChI is InChI=1S/C12H13ClS/c13-11-6-10(7-4-5-7)12(14)9-3-1-2-8(9)11/h6-7,14H,1-5H2. The summed E-state index contributed by atoms with van der Waals surface area (Å²) in [6.45, 7) is 0. The third-order valence-corrected chi connectivity index (χ3v) is 4.23. The van der Waals surface area contributed by atoms with E-state index in [9.17, 15) is 0 Å². The lowest BCUT2D eigenvalue weighted by Crippen LogP contribution is -1.92. The Morgan fingerprint density at radius 2 is 1.93 bits per heavy atom. The van der Waals surface area contributed by atoms with Crippen molar-refractivity contribution < 1.29 is 0 Å². The number of benzene rings is 1. The molecule has 0 saturated heterocycles. The molecule has 1 fully saturated rings. The van der Waals surface area contributed by atoms with E-state index in [-0.39, 0.29) is 0 Å². The summed E-state index contributed by atoms with van der Waals surface area (Å²) in [4.78, 5) is 1.24. The van der Waals surface area contributed by atoms with Crippen LogP contribution in [0.1, 0.15) is 41.9 Å². The number of fused-ring (bicyclic) bond motifs is 1. The number of hydrogen-bond donors (Lipinski definition) is 1. The number of hydrogen-bond acceptors (Lipinski definition) is 1. The van der Waals surface area contributed by atoms with Crippen molar-refractivity contribution in [1.82, 2.24) is 0 Å². The molecule has 0 amide bonds. The Morgan fingerprint density at radius 3 is 2.64 bits per heavy atom. The van der Waals surface area contributed by atoms with E-state index in [0.29, 0.717) is 0 Å². The van der Waals surface area contributed by atoms with Crippen molar-refractivity contribution in [3.05, 3.63) is 27.8 Å². The summed E-state index contributed by atoms with van der Waals surface area (Å²) in [6, 6.07) is 2.16. The maximum absolute atomic E-state index is 6.28. The summed E-state index contributed by atoms with van der Waals surface area (Å²) in [5.74, 6) is 0.755. The average molecular weight is 225 g/mol. The van der Waals surface area contributed by atoms with Gasteiger partial charge in [-0.1, -0.05) is 11.6 Å². The first kappa shape index (κ1) is 9.11. The zero-order chi connectivity index (χ0) is 9.71. The van der Waals surface area contributed by atoms with Crippen LogP contribution in [0.15, 0.2) is 11.0 Å². The quantitative estimate of drug-likeness (QED) is 0.685. The van der Waals surface area contributed by atoms with Gasteiger partial charge in [-0.3, -0.25) is 0 Å². The van der Waals surface area contributed by atoms with Crippen LogP contribution in [0.4, 0.5) is 0 Å². The third kappa shape index (κ3) is 1.30. The van der Waals surface area contributed by atoms with E-state index in [1.54, 1.807) is 0 Å². The molecule has 0 heterocycles. The molecule has 0 bridgehead atoms. The van der Waals surface area contributed by atoms with Gasteiger partial charge < -0.3 is 0 Å². The molecule has 3 rings (SSSR count). The second kappa shape index (κ2) is 3.18. The Morgan fingerprint density at radius 1 is 1.21 bits per heavy atom. The molecule has 0 atom stereocenters. The lowest BCUT2D eigenvalue weighted by atomic mass is 10.0. The Labute approximate surface area is 95.1 Å². The summed E-state index contributed by atoms with van der Waals surface area (Å²) in [5.41, 5.74) is 4.20. The smallest absolute Gasteiger partial charge is 0.0444 e. The third-order valence-electron chi connectivity index (χ3n) is 3.36. The van der Waals surface area contributed by atoms with Gasteiger partial charge >= 0.3 is 0 Å². The molecule has 0 aromatic heterocycles. The Bertz CT molecular complexity index is 394. The molecule has 1 aromatic rings. The minimum atomic E-state index is 0.755. The molecular weight excluding hydrogens is 212 g/mol. The monoisotopic (exact) mass is 224 g/mol. The van der Waals surface area contributed by atoms with Crippen molar-refractivity contribution >= 4 is 24.2 Å². The van der Waals surface area contributed by atoms with E-state index < -0.39 is 0 Å². The second-order valence-electron chi connectivity index (χ2n) is 4.38. The highest BCUT2D eigenvalue weighted by Crippen LogP contribution is 2.47. The molecule has 1 saturated carbocycles. The van der Waals surface area contributed by atoms with Crippen LogP contribution in [-0.2, 0) is 12.8 Å². The highest BCUT2D eigenvalue weighted by Gasteiger charge is 2.29. The second-order valence-corrected chi connectivity index (χ2v) is 5.24. The zero-order valence-corrected chi connectivity index (χ0v) is 9.67. The topological polar surface area (TPSA) is 0 Å².